The van der Waals surface area contributed by atoms with Gasteiger partial charge in [-0.25, -0.2) is 0 Å². The van der Waals surface area contributed by atoms with Crippen LogP contribution in [0.25, 0.3) is 0 Å². The van der Waals surface area contributed by atoms with Gasteiger partial charge in [0.1, 0.15) is 0 Å². The summed E-state index contributed by atoms with van der Waals surface area (Å²) < 4.78 is 1.26. The number of carbonyl (C=O) groups is 1. The third-order valence-electron chi connectivity index (χ3n) is 2.67. The minimum absolute atomic E-state index is 0.232. The Labute approximate surface area is 109 Å². The normalized spacial score (nSPS) is 15.9. The van der Waals surface area contributed by atoms with Crippen molar-refractivity contribution in [2.24, 2.45) is 0 Å². The van der Waals surface area contributed by atoms with Gasteiger partial charge >= 0.3 is 0 Å². The van der Waals surface area contributed by atoms with Crippen LogP contribution in [0.3, 0.4) is 0 Å². The molecule has 0 fully saturated rings. The standard InChI is InChI=1S/C13H14INO/c1-9-7-11(5-6-13(9)14)15-10-3-2-4-12(16)8-10/h5-8,15H,2-4H2,1H3. The van der Waals surface area contributed by atoms with E-state index >= 15 is 0 Å². The van der Waals surface area contributed by atoms with Crippen molar-refractivity contribution in [1.29, 1.82) is 0 Å². The van der Waals surface area contributed by atoms with Crippen molar-refractivity contribution < 1.29 is 4.79 Å². The zero-order valence-electron chi connectivity index (χ0n) is 9.22. The fourth-order valence-corrected chi connectivity index (χ4v) is 2.13. The average molecular weight is 327 g/mol. The van der Waals surface area contributed by atoms with E-state index in [0.717, 1.165) is 24.2 Å². The number of hydrogen-bond acceptors (Lipinski definition) is 2. The van der Waals surface area contributed by atoms with Crippen LogP contribution in [-0.4, -0.2) is 5.78 Å². The van der Waals surface area contributed by atoms with Crippen LogP contribution in [-0.2, 0) is 4.79 Å². The molecule has 1 aliphatic rings. The van der Waals surface area contributed by atoms with Crippen LogP contribution in [0.15, 0.2) is 30.0 Å². The van der Waals surface area contributed by atoms with Gasteiger partial charge in [0.15, 0.2) is 5.78 Å². The summed E-state index contributed by atoms with van der Waals surface area (Å²) in [5, 5.41) is 3.32. The molecule has 1 aromatic carbocycles. The summed E-state index contributed by atoms with van der Waals surface area (Å²) in [4.78, 5) is 11.3. The van der Waals surface area contributed by atoms with Crippen LogP contribution in [0.1, 0.15) is 24.8 Å². The molecule has 0 saturated heterocycles. The van der Waals surface area contributed by atoms with Crippen LogP contribution >= 0.6 is 22.6 Å². The van der Waals surface area contributed by atoms with E-state index in [2.05, 4.69) is 53.0 Å². The van der Waals surface area contributed by atoms with Gasteiger partial charge in [-0.05, 0) is 66.1 Å². The third-order valence-corrected chi connectivity index (χ3v) is 3.88. The van der Waals surface area contributed by atoms with Crippen molar-refractivity contribution in [2.75, 3.05) is 5.32 Å². The molecular weight excluding hydrogens is 313 g/mol. The Morgan fingerprint density at radius 3 is 2.81 bits per heavy atom. The lowest BCUT2D eigenvalue weighted by Crippen LogP contribution is -2.09. The summed E-state index contributed by atoms with van der Waals surface area (Å²) in [6, 6.07) is 6.25. The number of hydrogen-bond donors (Lipinski definition) is 1. The lowest BCUT2D eigenvalue weighted by Gasteiger charge is -2.15. The maximum Gasteiger partial charge on any atom is 0.157 e. The largest absolute Gasteiger partial charge is 0.359 e. The molecule has 84 valence electrons. The van der Waals surface area contributed by atoms with Crippen molar-refractivity contribution in [3.63, 3.8) is 0 Å². The van der Waals surface area contributed by atoms with Crippen LogP contribution < -0.4 is 5.32 Å². The molecule has 3 heteroatoms. The molecule has 0 atom stereocenters. The highest BCUT2D eigenvalue weighted by atomic mass is 127. The van der Waals surface area contributed by atoms with Crippen LogP contribution in [0.5, 0.6) is 0 Å². The maximum absolute atomic E-state index is 11.3. The van der Waals surface area contributed by atoms with Gasteiger partial charge in [-0.1, -0.05) is 0 Å². The number of nitrogens with one attached hydrogen (secondary N) is 1. The summed E-state index contributed by atoms with van der Waals surface area (Å²) >= 11 is 2.32. The molecule has 1 aliphatic carbocycles. The smallest absolute Gasteiger partial charge is 0.157 e. The Kier molecular flexibility index (Phi) is 3.63. The van der Waals surface area contributed by atoms with Crippen molar-refractivity contribution in [3.8, 4) is 0 Å². The van der Waals surface area contributed by atoms with Gasteiger partial charge in [0.2, 0.25) is 0 Å². The molecule has 0 unspecified atom stereocenters. The molecule has 0 aliphatic heterocycles. The van der Waals surface area contributed by atoms with Crippen molar-refractivity contribution in [1.82, 2.24) is 0 Å². The van der Waals surface area contributed by atoms with Gasteiger partial charge in [-0.15, -0.1) is 0 Å². The average Bonchev–Trinajstić information content (AvgIpc) is 2.24. The van der Waals surface area contributed by atoms with Gasteiger partial charge < -0.3 is 5.32 Å². The SMILES string of the molecule is Cc1cc(NC2=CC(=O)CCC2)ccc1I. The highest BCUT2D eigenvalue weighted by Gasteiger charge is 2.09. The lowest BCUT2D eigenvalue weighted by atomic mass is 10.0. The number of anilines is 1. The molecule has 16 heavy (non-hydrogen) atoms. The van der Waals surface area contributed by atoms with E-state index in [4.69, 9.17) is 0 Å². The van der Waals surface area contributed by atoms with Crippen LogP contribution in [0.2, 0.25) is 0 Å². The van der Waals surface area contributed by atoms with Crippen molar-refractivity contribution >= 4 is 34.1 Å². The first-order chi connectivity index (χ1) is 7.65. The van der Waals surface area contributed by atoms with Gasteiger partial charge in [-0.2, -0.15) is 0 Å². The Balaban J connectivity index is 2.14. The highest BCUT2D eigenvalue weighted by Crippen LogP contribution is 2.21. The Morgan fingerprint density at radius 2 is 2.12 bits per heavy atom. The molecule has 0 spiro atoms. The topological polar surface area (TPSA) is 29.1 Å². The first kappa shape index (κ1) is 11.6. The molecule has 1 N–H and O–H groups in total. The number of rotatable bonds is 2. The molecule has 0 saturated carbocycles. The molecule has 2 nitrogen and oxygen atoms in total. The number of halogens is 1. The minimum Gasteiger partial charge on any atom is -0.359 e. The van der Waals surface area contributed by atoms with E-state index in [1.165, 1.54) is 9.13 Å². The van der Waals surface area contributed by atoms with E-state index in [9.17, 15) is 4.79 Å². The molecule has 2 rings (SSSR count). The Morgan fingerprint density at radius 1 is 1.31 bits per heavy atom. The zero-order chi connectivity index (χ0) is 11.5. The number of carbonyl (C=O) groups excluding carboxylic acids is 1. The number of aryl methyl sites for hydroxylation is 1. The summed E-state index contributed by atoms with van der Waals surface area (Å²) in [5.41, 5.74) is 3.36. The zero-order valence-corrected chi connectivity index (χ0v) is 11.4. The van der Waals surface area contributed by atoms with E-state index in [1.807, 2.05) is 0 Å². The predicted octanol–water partition coefficient (Wildman–Crippen LogP) is 3.65. The monoisotopic (exact) mass is 327 g/mol. The third kappa shape index (κ3) is 2.84. The van der Waals surface area contributed by atoms with E-state index in [-0.39, 0.29) is 5.78 Å². The molecule has 0 radical (unpaired) electrons. The quantitative estimate of drug-likeness (QED) is 0.840. The number of ketones is 1. The van der Waals surface area contributed by atoms with Crippen LogP contribution in [0, 0.1) is 10.5 Å². The second-order valence-electron chi connectivity index (χ2n) is 4.08. The second-order valence-corrected chi connectivity index (χ2v) is 5.24. The highest BCUT2D eigenvalue weighted by molar-refractivity contribution is 14.1. The number of benzene rings is 1. The molecular formula is C13H14INO. The Hall–Kier alpha value is -0.840. The molecule has 0 aromatic heterocycles. The summed E-state index contributed by atoms with van der Waals surface area (Å²) in [7, 11) is 0. The van der Waals surface area contributed by atoms with E-state index < -0.39 is 0 Å². The lowest BCUT2D eigenvalue weighted by molar-refractivity contribution is -0.115. The van der Waals surface area contributed by atoms with Gasteiger partial charge in [0.25, 0.3) is 0 Å². The summed E-state index contributed by atoms with van der Waals surface area (Å²) in [6.07, 6.45) is 4.35. The maximum atomic E-state index is 11.3. The first-order valence-corrected chi connectivity index (χ1v) is 6.49. The summed E-state index contributed by atoms with van der Waals surface area (Å²) in [6.45, 7) is 2.09. The van der Waals surface area contributed by atoms with E-state index in [1.54, 1.807) is 6.08 Å². The fraction of sp³-hybridized carbons (Fsp3) is 0.308. The number of allylic oxidation sites excluding steroid dienone is 2. The van der Waals surface area contributed by atoms with Crippen molar-refractivity contribution in [2.45, 2.75) is 26.2 Å². The molecule has 0 amide bonds. The molecule has 1 aromatic rings. The van der Waals surface area contributed by atoms with Crippen LogP contribution in [0.4, 0.5) is 5.69 Å². The molecule has 0 heterocycles. The van der Waals surface area contributed by atoms with E-state index in [0.29, 0.717) is 6.42 Å². The van der Waals surface area contributed by atoms with Gasteiger partial charge in [-0.3, -0.25) is 4.79 Å². The second kappa shape index (κ2) is 4.99. The van der Waals surface area contributed by atoms with Gasteiger partial charge in [0.05, 0.1) is 0 Å². The minimum atomic E-state index is 0.232. The summed E-state index contributed by atoms with van der Waals surface area (Å²) in [5.74, 6) is 0.232. The Bertz CT molecular complexity index is 451. The predicted molar refractivity (Wildman–Crippen MR) is 74.5 cm³/mol. The molecule has 0 bridgehead atoms. The first-order valence-electron chi connectivity index (χ1n) is 5.42. The van der Waals surface area contributed by atoms with Crippen molar-refractivity contribution in [3.05, 3.63) is 39.1 Å². The van der Waals surface area contributed by atoms with Gasteiger partial charge in [0, 0.05) is 27.5 Å². The fourth-order valence-electron chi connectivity index (χ4n) is 1.80.